The maximum atomic E-state index is 3.48. The fourth-order valence-electron chi connectivity index (χ4n) is 2.42. The maximum absolute atomic E-state index is 3.48. The first kappa shape index (κ1) is 12.0. The summed E-state index contributed by atoms with van der Waals surface area (Å²) in [5.41, 5.74) is 1.48. The number of nitrogens with one attached hydrogen (secondary N) is 1. The average molecular weight is 235 g/mol. The summed E-state index contributed by atoms with van der Waals surface area (Å²) in [6, 6.07) is 9.32. The van der Waals surface area contributed by atoms with E-state index in [-0.39, 0.29) is 0 Å². The van der Waals surface area contributed by atoms with Crippen LogP contribution in [0.15, 0.2) is 29.2 Å². The number of hydrogen-bond donors (Lipinski definition) is 1. The molecule has 1 N–H and O–H groups in total. The van der Waals surface area contributed by atoms with Crippen molar-refractivity contribution in [2.24, 2.45) is 5.92 Å². The SMILES string of the molecule is CNC(CC1CCC1)c1ccccc1SC. The van der Waals surface area contributed by atoms with E-state index in [9.17, 15) is 0 Å². The Hall–Kier alpha value is -0.470. The quantitative estimate of drug-likeness (QED) is 0.778. The molecule has 0 radical (unpaired) electrons. The molecule has 0 saturated heterocycles. The van der Waals surface area contributed by atoms with Gasteiger partial charge in [-0.2, -0.15) is 0 Å². The van der Waals surface area contributed by atoms with Crippen molar-refractivity contribution in [1.82, 2.24) is 5.32 Å². The molecule has 16 heavy (non-hydrogen) atoms. The topological polar surface area (TPSA) is 12.0 Å². The highest BCUT2D eigenvalue weighted by molar-refractivity contribution is 7.98. The van der Waals surface area contributed by atoms with E-state index in [1.165, 1.54) is 36.1 Å². The zero-order valence-corrected chi connectivity index (χ0v) is 11.0. The molecule has 2 rings (SSSR count). The second-order valence-corrected chi connectivity index (χ2v) is 5.46. The van der Waals surface area contributed by atoms with E-state index in [2.05, 4.69) is 42.9 Å². The fourth-order valence-corrected chi connectivity index (χ4v) is 3.08. The molecule has 0 heterocycles. The lowest BCUT2D eigenvalue weighted by molar-refractivity contribution is 0.264. The first-order valence-electron chi connectivity index (χ1n) is 6.15. The predicted octanol–water partition coefficient (Wildman–Crippen LogP) is 3.86. The third-order valence-corrected chi connectivity index (χ3v) is 4.47. The van der Waals surface area contributed by atoms with Gasteiger partial charge >= 0.3 is 0 Å². The zero-order valence-electron chi connectivity index (χ0n) is 10.2. The number of benzene rings is 1. The molecule has 0 amide bonds. The van der Waals surface area contributed by atoms with Crippen molar-refractivity contribution in [1.29, 1.82) is 0 Å². The van der Waals surface area contributed by atoms with Crippen LogP contribution in [0.25, 0.3) is 0 Å². The van der Waals surface area contributed by atoms with Gasteiger partial charge in [-0.25, -0.2) is 0 Å². The Morgan fingerprint density at radius 1 is 1.38 bits per heavy atom. The molecule has 1 fully saturated rings. The molecule has 1 aromatic carbocycles. The number of rotatable bonds is 5. The van der Waals surface area contributed by atoms with Crippen LogP contribution >= 0.6 is 11.8 Å². The van der Waals surface area contributed by atoms with Crippen molar-refractivity contribution >= 4 is 11.8 Å². The summed E-state index contributed by atoms with van der Waals surface area (Å²) in [6.07, 6.45) is 7.76. The Labute approximate surface area is 103 Å². The lowest BCUT2D eigenvalue weighted by atomic mass is 9.79. The van der Waals surface area contributed by atoms with Crippen LogP contribution in [0.2, 0.25) is 0 Å². The van der Waals surface area contributed by atoms with Gasteiger partial charge in [-0.3, -0.25) is 0 Å². The summed E-state index contributed by atoms with van der Waals surface area (Å²) in [4.78, 5) is 1.42. The monoisotopic (exact) mass is 235 g/mol. The van der Waals surface area contributed by atoms with Gasteiger partial charge in [-0.05, 0) is 37.3 Å². The van der Waals surface area contributed by atoms with Crippen LogP contribution in [0.3, 0.4) is 0 Å². The molecule has 1 aliphatic rings. The first-order chi connectivity index (χ1) is 7.85. The Morgan fingerprint density at radius 3 is 2.69 bits per heavy atom. The average Bonchev–Trinajstić information content (AvgIpc) is 2.28. The molecule has 0 spiro atoms. The van der Waals surface area contributed by atoms with Crippen molar-refractivity contribution in [2.75, 3.05) is 13.3 Å². The Kier molecular flexibility index (Phi) is 4.30. The molecule has 1 aromatic rings. The van der Waals surface area contributed by atoms with Crippen molar-refractivity contribution in [3.05, 3.63) is 29.8 Å². The van der Waals surface area contributed by atoms with Gasteiger partial charge in [-0.15, -0.1) is 11.8 Å². The molecule has 88 valence electrons. The second-order valence-electron chi connectivity index (χ2n) is 4.62. The number of hydrogen-bond acceptors (Lipinski definition) is 2. The van der Waals surface area contributed by atoms with E-state index in [1.54, 1.807) is 0 Å². The van der Waals surface area contributed by atoms with E-state index < -0.39 is 0 Å². The molecule has 1 saturated carbocycles. The lowest BCUT2D eigenvalue weighted by Gasteiger charge is -2.30. The zero-order chi connectivity index (χ0) is 11.4. The second kappa shape index (κ2) is 5.74. The highest BCUT2D eigenvalue weighted by atomic mass is 32.2. The van der Waals surface area contributed by atoms with E-state index in [4.69, 9.17) is 0 Å². The van der Waals surface area contributed by atoms with E-state index >= 15 is 0 Å². The number of thioether (sulfide) groups is 1. The van der Waals surface area contributed by atoms with Gasteiger partial charge in [0.25, 0.3) is 0 Å². The molecule has 1 unspecified atom stereocenters. The molecular weight excluding hydrogens is 214 g/mol. The molecule has 0 aromatic heterocycles. The van der Waals surface area contributed by atoms with Crippen LogP contribution in [0.4, 0.5) is 0 Å². The fraction of sp³-hybridized carbons (Fsp3) is 0.571. The standard InChI is InChI=1S/C14H21NS/c1-15-13(10-11-6-5-7-11)12-8-3-4-9-14(12)16-2/h3-4,8-9,11,13,15H,5-7,10H2,1-2H3. The summed E-state index contributed by atoms with van der Waals surface area (Å²) in [6.45, 7) is 0. The van der Waals surface area contributed by atoms with Gasteiger partial charge in [0.05, 0.1) is 0 Å². The highest BCUT2D eigenvalue weighted by Crippen LogP contribution is 2.36. The Bertz CT molecular complexity index is 333. The van der Waals surface area contributed by atoms with Crippen LogP contribution in [0.5, 0.6) is 0 Å². The third kappa shape index (κ3) is 2.61. The van der Waals surface area contributed by atoms with Gasteiger partial charge < -0.3 is 5.32 Å². The van der Waals surface area contributed by atoms with E-state index in [0.717, 1.165) is 5.92 Å². The molecular formula is C14H21NS. The molecule has 2 heteroatoms. The van der Waals surface area contributed by atoms with E-state index in [0.29, 0.717) is 6.04 Å². The molecule has 1 nitrogen and oxygen atoms in total. The van der Waals surface area contributed by atoms with E-state index in [1.807, 2.05) is 11.8 Å². The molecule has 1 atom stereocenters. The summed E-state index contributed by atoms with van der Waals surface area (Å²) in [5.74, 6) is 0.951. The first-order valence-corrected chi connectivity index (χ1v) is 7.37. The summed E-state index contributed by atoms with van der Waals surface area (Å²) in [7, 11) is 2.08. The normalized spacial score (nSPS) is 18.1. The largest absolute Gasteiger partial charge is 0.313 e. The van der Waals surface area contributed by atoms with Gasteiger partial charge in [0.1, 0.15) is 0 Å². The summed E-state index contributed by atoms with van der Waals surface area (Å²) < 4.78 is 0. The van der Waals surface area contributed by atoms with Crippen molar-refractivity contribution < 1.29 is 0 Å². The highest BCUT2D eigenvalue weighted by Gasteiger charge is 2.23. The van der Waals surface area contributed by atoms with Gasteiger partial charge in [0, 0.05) is 10.9 Å². The lowest BCUT2D eigenvalue weighted by Crippen LogP contribution is -2.23. The van der Waals surface area contributed by atoms with Crippen LogP contribution in [-0.4, -0.2) is 13.3 Å². The Balaban J connectivity index is 2.11. The third-order valence-electron chi connectivity index (χ3n) is 3.66. The minimum absolute atomic E-state index is 0.536. The van der Waals surface area contributed by atoms with Crippen LogP contribution in [0, 0.1) is 5.92 Å². The van der Waals surface area contributed by atoms with Gasteiger partial charge in [-0.1, -0.05) is 37.5 Å². The minimum atomic E-state index is 0.536. The summed E-state index contributed by atoms with van der Waals surface area (Å²) >= 11 is 1.85. The van der Waals surface area contributed by atoms with Crippen molar-refractivity contribution in [3.8, 4) is 0 Å². The predicted molar refractivity (Wildman–Crippen MR) is 72.0 cm³/mol. The maximum Gasteiger partial charge on any atom is 0.0331 e. The smallest absolute Gasteiger partial charge is 0.0331 e. The van der Waals surface area contributed by atoms with Crippen LogP contribution in [0.1, 0.15) is 37.3 Å². The molecule has 0 aliphatic heterocycles. The summed E-state index contributed by atoms with van der Waals surface area (Å²) in [5, 5.41) is 3.48. The van der Waals surface area contributed by atoms with Gasteiger partial charge in [0.2, 0.25) is 0 Å². The Morgan fingerprint density at radius 2 is 2.12 bits per heavy atom. The molecule has 1 aliphatic carbocycles. The van der Waals surface area contributed by atoms with Crippen molar-refractivity contribution in [3.63, 3.8) is 0 Å². The van der Waals surface area contributed by atoms with Crippen molar-refractivity contribution in [2.45, 2.75) is 36.6 Å². The molecule has 0 bridgehead atoms. The minimum Gasteiger partial charge on any atom is -0.313 e. The van der Waals surface area contributed by atoms with Gasteiger partial charge in [0.15, 0.2) is 0 Å². The van der Waals surface area contributed by atoms with Crippen LogP contribution in [-0.2, 0) is 0 Å². The van der Waals surface area contributed by atoms with Crippen LogP contribution < -0.4 is 5.32 Å².